The minimum absolute atomic E-state index is 0.126. The van der Waals surface area contributed by atoms with Gasteiger partial charge in [-0.2, -0.15) is 10.5 Å². The van der Waals surface area contributed by atoms with E-state index in [-0.39, 0.29) is 24.9 Å². The largest absolute Gasteiger partial charge is 0.274 e. The Morgan fingerprint density at radius 3 is 0.946 bits per heavy atom. The van der Waals surface area contributed by atoms with E-state index in [1.807, 2.05) is 12.1 Å². The van der Waals surface area contributed by atoms with Crippen molar-refractivity contribution < 1.29 is 19.2 Å². The highest BCUT2D eigenvalue weighted by Gasteiger charge is 2.44. The number of thiophene rings is 2. The minimum atomic E-state index is -0.409. The Morgan fingerprint density at radius 1 is 0.392 bits per heavy atom. The molecule has 6 rings (SSSR count). The van der Waals surface area contributed by atoms with Crippen LogP contribution < -0.4 is 0 Å². The van der Waals surface area contributed by atoms with Gasteiger partial charge in [-0.05, 0) is 73.9 Å². The Balaban J connectivity index is 1.40. The molecule has 0 spiro atoms. The van der Waals surface area contributed by atoms with Crippen LogP contribution in [0.15, 0.2) is 36.4 Å². The molecule has 2 aromatic heterocycles. The van der Waals surface area contributed by atoms with E-state index in [1.165, 1.54) is 161 Å². The molecule has 10 heteroatoms. The molecule has 74 heavy (non-hydrogen) atoms. The molecule has 400 valence electrons. The van der Waals surface area contributed by atoms with Crippen molar-refractivity contribution >= 4 is 57.1 Å². The molecule has 0 N–H and O–H groups in total. The zero-order chi connectivity index (χ0) is 52.7. The third-order valence-corrected chi connectivity index (χ3v) is 18.0. The van der Waals surface area contributed by atoms with Crippen molar-refractivity contribution in [3.05, 3.63) is 68.4 Å². The lowest BCUT2D eigenvalue weighted by atomic mass is 9.80. The maximum Gasteiger partial charge on any atom is 0.262 e. The number of carbonyl (C=O) groups is 4. The summed E-state index contributed by atoms with van der Waals surface area (Å²) in [6.45, 7) is 9.53. The third-order valence-electron chi connectivity index (χ3n) is 16.0. The van der Waals surface area contributed by atoms with E-state index in [0.29, 0.717) is 63.7 Å². The van der Waals surface area contributed by atoms with Gasteiger partial charge in [-0.1, -0.05) is 207 Å². The molecule has 4 heterocycles. The van der Waals surface area contributed by atoms with Crippen LogP contribution in [0.3, 0.4) is 0 Å². The van der Waals surface area contributed by atoms with Gasteiger partial charge in [-0.15, -0.1) is 22.7 Å². The van der Waals surface area contributed by atoms with Gasteiger partial charge in [0.2, 0.25) is 0 Å². The first-order valence-corrected chi connectivity index (χ1v) is 31.2. The molecule has 4 aromatic rings. The molecular weight excluding hydrogens is 953 g/mol. The van der Waals surface area contributed by atoms with Crippen molar-refractivity contribution in [2.75, 3.05) is 13.1 Å². The maximum absolute atomic E-state index is 15.5. The van der Waals surface area contributed by atoms with Gasteiger partial charge in [0.15, 0.2) is 0 Å². The first kappa shape index (κ1) is 58.6. The van der Waals surface area contributed by atoms with Gasteiger partial charge in [0.05, 0.1) is 11.1 Å². The number of hydrogen-bond donors (Lipinski definition) is 0. The standard InChI is InChI=1S/C64H88N4O4S2/c1-5-9-13-17-21-23-27-31-35-47(33-29-25-19-15-11-7-3)45-67-61(69)53-41-52(56-40-38-50(44-66)74-56)60-58-54(42-51(59(57(53)58)63(67)71)55-39-37-49(43-65)73-55)62(70)68(64(60)72)46-48(34-30-26-20-16-12-8-4)36-32-28-24-22-18-14-10-6-2/h37-42,47-48H,5-36,45-46H2,1-4H3. The van der Waals surface area contributed by atoms with Crippen LogP contribution in [-0.4, -0.2) is 46.5 Å². The van der Waals surface area contributed by atoms with Gasteiger partial charge in [0, 0.05) is 55.9 Å². The Hall–Kier alpha value is -4.64. The quantitative estimate of drug-likeness (QED) is 0.0325. The Bertz CT molecular complexity index is 2370. The molecule has 8 nitrogen and oxygen atoms in total. The van der Waals surface area contributed by atoms with Crippen LogP contribution in [-0.2, 0) is 0 Å². The van der Waals surface area contributed by atoms with E-state index in [2.05, 4.69) is 39.8 Å². The first-order valence-electron chi connectivity index (χ1n) is 29.6. The van der Waals surface area contributed by atoms with Gasteiger partial charge in [-0.3, -0.25) is 29.0 Å². The summed E-state index contributed by atoms with van der Waals surface area (Å²) in [4.78, 5) is 67.0. The molecule has 2 atom stereocenters. The number of nitrogens with zero attached hydrogens (tertiary/aromatic N) is 4. The number of benzene rings is 2. The van der Waals surface area contributed by atoms with E-state index in [4.69, 9.17) is 0 Å². The molecule has 0 bridgehead atoms. The molecule has 0 fully saturated rings. The van der Waals surface area contributed by atoms with Crippen molar-refractivity contribution in [2.45, 2.75) is 233 Å². The van der Waals surface area contributed by atoms with Crippen molar-refractivity contribution in [3.8, 4) is 33.0 Å². The fourth-order valence-corrected chi connectivity index (χ4v) is 13.3. The van der Waals surface area contributed by atoms with E-state index in [0.717, 1.165) is 77.0 Å². The SMILES string of the molecule is CCCCCCCCCCC(CCCCCCCC)CN1C(=O)c2cc(-c3ccc(C#N)s3)c3c4c(cc(-c5ccc(C#N)s5)c(c24)C1=O)C(=O)N(CC(CCCCCCCC)CCCCCCCCCC)C3=O. The van der Waals surface area contributed by atoms with E-state index in [9.17, 15) is 10.5 Å². The zero-order valence-electron chi connectivity index (χ0n) is 45.9. The summed E-state index contributed by atoms with van der Waals surface area (Å²) >= 11 is 2.54. The molecule has 4 amide bonds. The van der Waals surface area contributed by atoms with Gasteiger partial charge in [0.1, 0.15) is 21.9 Å². The number of rotatable bonds is 38. The lowest BCUT2D eigenvalue weighted by molar-refractivity contribution is 0.0557. The molecule has 2 unspecified atom stereocenters. The summed E-state index contributed by atoms with van der Waals surface area (Å²) in [6, 6.07) is 15.3. The summed E-state index contributed by atoms with van der Waals surface area (Å²) in [7, 11) is 0. The van der Waals surface area contributed by atoms with Crippen LogP contribution in [0.25, 0.3) is 31.7 Å². The van der Waals surface area contributed by atoms with Crippen LogP contribution in [0.5, 0.6) is 0 Å². The lowest BCUT2D eigenvalue weighted by Gasteiger charge is -2.36. The second-order valence-electron chi connectivity index (χ2n) is 21.8. The lowest BCUT2D eigenvalue weighted by Crippen LogP contribution is -2.46. The molecule has 0 aliphatic carbocycles. The highest BCUT2D eigenvalue weighted by Crippen LogP contribution is 2.48. The highest BCUT2D eigenvalue weighted by molar-refractivity contribution is 7.16. The summed E-state index contributed by atoms with van der Waals surface area (Å²) in [5.41, 5.74) is 2.27. The van der Waals surface area contributed by atoms with Crippen LogP contribution in [0.1, 0.15) is 284 Å². The predicted octanol–water partition coefficient (Wildman–Crippen LogP) is 19.0. The second-order valence-corrected chi connectivity index (χ2v) is 24.0. The van der Waals surface area contributed by atoms with E-state index in [1.54, 1.807) is 24.3 Å². The number of imide groups is 2. The monoisotopic (exact) mass is 1040 g/mol. The molecule has 0 saturated carbocycles. The van der Waals surface area contributed by atoms with Crippen LogP contribution in [0.2, 0.25) is 0 Å². The summed E-state index contributed by atoms with van der Waals surface area (Å²) in [6.07, 6.45) is 37.0. The zero-order valence-corrected chi connectivity index (χ0v) is 47.5. The van der Waals surface area contributed by atoms with E-state index >= 15 is 19.2 Å². The average molecular weight is 1040 g/mol. The fourth-order valence-electron chi connectivity index (χ4n) is 11.7. The van der Waals surface area contributed by atoms with Crippen molar-refractivity contribution in [1.29, 1.82) is 10.5 Å². The second kappa shape index (κ2) is 31.4. The maximum atomic E-state index is 15.5. The Kier molecular flexibility index (Phi) is 24.9. The topological polar surface area (TPSA) is 122 Å². The smallest absolute Gasteiger partial charge is 0.262 e. The van der Waals surface area contributed by atoms with E-state index < -0.39 is 23.6 Å². The third kappa shape index (κ3) is 15.7. The van der Waals surface area contributed by atoms with Crippen LogP contribution in [0, 0.1) is 34.5 Å². The van der Waals surface area contributed by atoms with Crippen LogP contribution >= 0.6 is 22.7 Å². The molecule has 0 radical (unpaired) electrons. The molecule has 2 aliphatic heterocycles. The number of hydrogen-bond acceptors (Lipinski definition) is 8. The number of unbranched alkanes of at least 4 members (excludes halogenated alkanes) is 24. The summed E-state index contributed by atoms with van der Waals surface area (Å²) in [5.74, 6) is -1.38. The average Bonchev–Trinajstić information content (AvgIpc) is 4.11. The molecule has 2 aliphatic rings. The van der Waals surface area contributed by atoms with Crippen molar-refractivity contribution in [3.63, 3.8) is 0 Å². The molecule has 0 saturated heterocycles. The van der Waals surface area contributed by atoms with Gasteiger partial charge in [0.25, 0.3) is 23.6 Å². The number of amides is 4. The highest BCUT2D eigenvalue weighted by atomic mass is 32.1. The number of carbonyl (C=O) groups excluding carboxylic acids is 4. The van der Waals surface area contributed by atoms with Gasteiger partial charge < -0.3 is 0 Å². The van der Waals surface area contributed by atoms with Crippen molar-refractivity contribution in [2.24, 2.45) is 11.8 Å². The first-order chi connectivity index (χ1) is 36.2. The fraction of sp³-hybridized carbons (Fsp3) is 0.625. The number of nitriles is 2. The van der Waals surface area contributed by atoms with Crippen LogP contribution in [0.4, 0.5) is 0 Å². The summed E-state index contributed by atoms with van der Waals surface area (Å²) < 4.78 is 0. The van der Waals surface area contributed by atoms with Crippen molar-refractivity contribution in [1.82, 2.24) is 9.80 Å². The summed E-state index contributed by atoms with van der Waals surface area (Å²) in [5, 5.41) is 20.8. The Labute approximate surface area is 453 Å². The normalized spacial score (nSPS) is 14.1. The molecular formula is C64H88N4O4S2. The van der Waals surface area contributed by atoms with Gasteiger partial charge >= 0.3 is 0 Å². The molecule has 2 aromatic carbocycles. The van der Waals surface area contributed by atoms with Gasteiger partial charge in [-0.25, -0.2) is 0 Å². The predicted molar refractivity (Wildman–Crippen MR) is 308 cm³/mol. The minimum Gasteiger partial charge on any atom is -0.274 e. The Morgan fingerprint density at radius 2 is 0.676 bits per heavy atom.